The zero-order valence-corrected chi connectivity index (χ0v) is 11.1. The Balaban J connectivity index is 1.93. The number of nitrogens with two attached hydrogens (primary N) is 1. The van der Waals surface area contributed by atoms with Gasteiger partial charge in [0.25, 0.3) is 0 Å². The summed E-state index contributed by atoms with van der Waals surface area (Å²) in [4.78, 5) is 13.1. The van der Waals surface area contributed by atoms with Crippen LogP contribution in [0.2, 0.25) is 0 Å². The summed E-state index contributed by atoms with van der Waals surface area (Å²) in [7, 11) is 2.11. The first-order valence-corrected chi connectivity index (χ1v) is 6.50. The average Bonchev–Trinajstić information content (AvgIpc) is 2.41. The molecule has 0 radical (unpaired) electrons. The van der Waals surface area contributed by atoms with Crippen LogP contribution in [-0.2, 0) is 4.79 Å². The molecule has 1 aliphatic rings. The van der Waals surface area contributed by atoms with Gasteiger partial charge in [0.1, 0.15) is 17.9 Å². The number of hydrogen-bond donors (Lipinski definition) is 2. The molecule has 104 valence electrons. The summed E-state index contributed by atoms with van der Waals surface area (Å²) in [6.07, 6.45) is 2.29. The van der Waals surface area contributed by atoms with Gasteiger partial charge in [-0.25, -0.2) is 0 Å². The fraction of sp³-hybridized carbons (Fsp3) is 0.500. The molecular weight excluding hydrogens is 244 g/mol. The van der Waals surface area contributed by atoms with Crippen molar-refractivity contribution in [1.82, 2.24) is 4.90 Å². The molecule has 0 bridgehead atoms. The van der Waals surface area contributed by atoms with Gasteiger partial charge in [0, 0.05) is 13.1 Å². The molecule has 0 aromatic heterocycles. The summed E-state index contributed by atoms with van der Waals surface area (Å²) in [5, 5.41) is 8.83. The summed E-state index contributed by atoms with van der Waals surface area (Å²) in [5.74, 6) is -0.250. The van der Waals surface area contributed by atoms with E-state index in [-0.39, 0.29) is 6.10 Å². The standard InChI is InChI=1S/C14H20N2O3/c1-16-8-6-12(7-9-16)19-11-4-2-10(3-5-11)13(15)14(17)18/h2-5,12-13H,6-9,15H2,1H3,(H,17,18). The fourth-order valence-electron chi connectivity index (χ4n) is 2.19. The highest BCUT2D eigenvalue weighted by molar-refractivity contribution is 5.75. The third kappa shape index (κ3) is 3.68. The van der Waals surface area contributed by atoms with Crippen molar-refractivity contribution < 1.29 is 14.6 Å². The van der Waals surface area contributed by atoms with Crippen LogP contribution in [0.4, 0.5) is 0 Å². The molecule has 1 fully saturated rings. The van der Waals surface area contributed by atoms with E-state index in [2.05, 4.69) is 11.9 Å². The van der Waals surface area contributed by atoms with Crippen LogP contribution < -0.4 is 10.5 Å². The van der Waals surface area contributed by atoms with Crippen molar-refractivity contribution in [2.45, 2.75) is 25.0 Å². The highest BCUT2D eigenvalue weighted by atomic mass is 16.5. The third-order valence-electron chi connectivity index (χ3n) is 3.47. The summed E-state index contributed by atoms with van der Waals surface area (Å²) in [6.45, 7) is 2.10. The van der Waals surface area contributed by atoms with Gasteiger partial charge in [-0.15, -0.1) is 0 Å². The Labute approximate surface area is 113 Å². The number of carbonyl (C=O) groups is 1. The summed E-state index contributed by atoms with van der Waals surface area (Å²) in [6, 6.07) is 6.02. The smallest absolute Gasteiger partial charge is 0.325 e. The molecule has 5 nitrogen and oxygen atoms in total. The fourth-order valence-corrected chi connectivity index (χ4v) is 2.19. The van der Waals surface area contributed by atoms with Crippen molar-refractivity contribution in [3.63, 3.8) is 0 Å². The zero-order chi connectivity index (χ0) is 13.8. The predicted octanol–water partition coefficient (Wildman–Crippen LogP) is 1.24. The Morgan fingerprint density at radius 3 is 2.47 bits per heavy atom. The molecule has 0 aliphatic carbocycles. The van der Waals surface area contributed by atoms with Gasteiger partial charge in [0.2, 0.25) is 0 Å². The maximum atomic E-state index is 10.8. The highest BCUT2D eigenvalue weighted by Crippen LogP contribution is 2.21. The lowest BCUT2D eigenvalue weighted by Gasteiger charge is -2.29. The van der Waals surface area contributed by atoms with Crippen LogP contribution in [-0.4, -0.2) is 42.2 Å². The van der Waals surface area contributed by atoms with Crippen molar-refractivity contribution in [3.05, 3.63) is 29.8 Å². The molecule has 0 saturated carbocycles. The van der Waals surface area contributed by atoms with Gasteiger partial charge >= 0.3 is 5.97 Å². The first-order chi connectivity index (χ1) is 9.06. The molecule has 2 rings (SSSR count). The molecule has 0 amide bonds. The minimum absolute atomic E-state index is 0.246. The second kappa shape index (κ2) is 6.04. The number of nitrogens with zero attached hydrogens (tertiary/aromatic N) is 1. The van der Waals surface area contributed by atoms with Crippen LogP contribution in [0.15, 0.2) is 24.3 Å². The van der Waals surface area contributed by atoms with E-state index >= 15 is 0 Å². The second-order valence-electron chi connectivity index (χ2n) is 5.01. The largest absolute Gasteiger partial charge is 0.490 e. The normalized spacial score (nSPS) is 19.1. The first-order valence-electron chi connectivity index (χ1n) is 6.50. The van der Waals surface area contributed by atoms with Gasteiger partial charge in [-0.3, -0.25) is 4.79 Å². The molecular formula is C14H20N2O3. The van der Waals surface area contributed by atoms with E-state index in [1.165, 1.54) is 0 Å². The van der Waals surface area contributed by atoms with Crippen molar-refractivity contribution in [2.75, 3.05) is 20.1 Å². The van der Waals surface area contributed by atoms with E-state index in [1.54, 1.807) is 24.3 Å². The van der Waals surface area contributed by atoms with Crippen molar-refractivity contribution in [1.29, 1.82) is 0 Å². The van der Waals surface area contributed by atoms with Crippen molar-refractivity contribution >= 4 is 5.97 Å². The quantitative estimate of drug-likeness (QED) is 0.856. The number of benzene rings is 1. The van der Waals surface area contributed by atoms with E-state index in [1.807, 2.05) is 0 Å². The predicted molar refractivity (Wildman–Crippen MR) is 72.2 cm³/mol. The lowest BCUT2D eigenvalue weighted by atomic mass is 10.1. The molecule has 1 aliphatic heterocycles. The Hall–Kier alpha value is -1.59. The molecule has 1 atom stereocenters. The number of carboxylic acid groups (broad SMARTS) is 1. The molecule has 0 spiro atoms. The highest BCUT2D eigenvalue weighted by Gasteiger charge is 2.18. The first kappa shape index (κ1) is 13.8. The SMILES string of the molecule is CN1CCC(Oc2ccc(C(N)C(=O)O)cc2)CC1. The summed E-state index contributed by atoms with van der Waals surface area (Å²) >= 11 is 0. The monoisotopic (exact) mass is 264 g/mol. The van der Waals surface area contributed by atoms with Crippen molar-refractivity contribution in [3.8, 4) is 5.75 Å². The molecule has 3 N–H and O–H groups in total. The molecule has 5 heteroatoms. The Morgan fingerprint density at radius 2 is 1.95 bits per heavy atom. The van der Waals surface area contributed by atoms with E-state index in [0.29, 0.717) is 5.56 Å². The average molecular weight is 264 g/mol. The Kier molecular flexibility index (Phi) is 4.39. The minimum Gasteiger partial charge on any atom is -0.490 e. The minimum atomic E-state index is -1.02. The maximum absolute atomic E-state index is 10.8. The number of likely N-dealkylation sites (tertiary alicyclic amines) is 1. The lowest BCUT2D eigenvalue weighted by Crippen LogP contribution is -2.35. The number of ether oxygens (including phenoxy) is 1. The molecule has 1 saturated heterocycles. The van der Waals surface area contributed by atoms with E-state index in [9.17, 15) is 4.79 Å². The van der Waals surface area contributed by atoms with E-state index in [4.69, 9.17) is 15.6 Å². The van der Waals surface area contributed by atoms with E-state index < -0.39 is 12.0 Å². The van der Waals surface area contributed by atoms with Gasteiger partial charge in [-0.2, -0.15) is 0 Å². The molecule has 1 heterocycles. The molecule has 1 unspecified atom stereocenters. The molecule has 19 heavy (non-hydrogen) atoms. The Morgan fingerprint density at radius 1 is 1.37 bits per heavy atom. The summed E-state index contributed by atoms with van der Waals surface area (Å²) in [5.41, 5.74) is 6.13. The second-order valence-corrected chi connectivity index (χ2v) is 5.01. The van der Waals surface area contributed by atoms with Crippen LogP contribution in [0, 0.1) is 0 Å². The van der Waals surface area contributed by atoms with Gasteiger partial charge < -0.3 is 20.5 Å². The molecule has 1 aromatic carbocycles. The van der Waals surface area contributed by atoms with Gasteiger partial charge in [-0.05, 0) is 37.6 Å². The van der Waals surface area contributed by atoms with Gasteiger partial charge in [-0.1, -0.05) is 12.1 Å². The van der Waals surface area contributed by atoms with Gasteiger partial charge in [0.05, 0.1) is 0 Å². The van der Waals surface area contributed by atoms with Crippen LogP contribution in [0.1, 0.15) is 24.4 Å². The zero-order valence-electron chi connectivity index (χ0n) is 11.1. The van der Waals surface area contributed by atoms with Crippen molar-refractivity contribution in [2.24, 2.45) is 5.73 Å². The summed E-state index contributed by atoms with van der Waals surface area (Å²) < 4.78 is 5.88. The van der Waals surface area contributed by atoms with Crippen LogP contribution in [0.25, 0.3) is 0 Å². The molecule has 1 aromatic rings. The van der Waals surface area contributed by atoms with Crippen LogP contribution in [0.3, 0.4) is 0 Å². The lowest BCUT2D eigenvalue weighted by molar-refractivity contribution is -0.138. The van der Waals surface area contributed by atoms with Crippen LogP contribution in [0.5, 0.6) is 5.75 Å². The Bertz CT molecular complexity index is 425. The number of piperidine rings is 1. The van der Waals surface area contributed by atoms with E-state index in [0.717, 1.165) is 31.7 Å². The number of carboxylic acids is 1. The topological polar surface area (TPSA) is 75.8 Å². The third-order valence-corrected chi connectivity index (χ3v) is 3.47. The number of hydrogen-bond acceptors (Lipinski definition) is 4. The maximum Gasteiger partial charge on any atom is 0.325 e. The van der Waals surface area contributed by atoms with Crippen LogP contribution >= 0.6 is 0 Å². The van der Waals surface area contributed by atoms with Gasteiger partial charge in [0.15, 0.2) is 0 Å². The number of aliphatic carboxylic acids is 1. The number of rotatable bonds is 4.